The van der Waals surface area contributed by atoms with E-state index < -0.39 is 9.84 Å². The lowest BCUT2D eigenvalue weighted by atomic mass is 10.1. The van der Waals surface area contributed by atoms with E-state index in [1.807, 2.05) is 26.0 Å². The van der Waals surface area contributed by atoms with Crippen LogP contribution in [0.3, 0.4) is 0 Å². The molecule has 1 saturated heterocycles. The minimum atomic E-state index is -2.90. The van der Waals surface area contributed by atoms with Crippen molar-refractivity contribution in [3.63, 3.8) is 0 Å². The number of H-pyrrole nitrogens is 1. The number of fused-ring (bicyclic) bond motifs is 1. The fourth-order valence-electron chi connectivity index (χ4n) is 3.04. The normalized spacial score (nSPS) is 20.4. The Bertz CT molecular complexity index is 836. The van der Waals surface area contributed by atoms with E-state index in [0.717, 1.165) is 22.2 Å². The summed E-state index contributed by atoms with van der Waals surface area (Å²) in [4.78, 5) is 15.7. The van der Waals surface area contributed by atoms with Gasteiger partial charge >= 0.3 is 0 Å². The summed E-state index contributed by atoms with van der Waals surface area (Å²) >= 11 is 0. The Hall–Kier alpha value is -1.82. The Morgan fingerprint density at radius 1 is 1.36 bits per heavy atom. The molecule has 1 aromatic heterocycles. The molecule has 118 valence electrons. The molecule has 0 spiro atoms. The average molecular weight is 320 g/mol. The van der Waals surface area contributed by atoms with Crippen molar-refractivity contribution in [3.05, 3.63) is 35.0 Å². The van der Waals surface area contributed by atoms with Crippen LogP contribution in [-0.4, -0.2) is 37.4 Å². The highest BCUT2D eigenvalue weighted by atomic mass is 32.2. The number of rotatable bonds is 3. The van der Waals surface area contributed by atoms with Gasteiger partial charge in [0, 0.05) is 17.6 Å². The van der Waals surface area contributed by atoms with Gasteiger partial charge in [0.1, 0.15) is 0 Å². The zero-order valence-electron chi connectivity index (χ0n) is 12.8. The van der Waals surface area contributed by atoms with Gasteiger partial charge < -0.3 is 10.3 Å². The van der Waals surface area contributed by atoms with E-state index in [9.17, 15) is 13.2 Å². The zero-order chi connectivity index (χ0) is 15.9. The first-order chi connectivity index (χ1) is 10.4. The summed E-state index contributed by atoms with van der Waals surface area (Å²) in [6, 6.07) is 5.66. The summed E-state index contributed by atoms with van der Waals surface area (Å²) in [6.07, 6.45) is 0.632. The van der Waals surface area contributed by atoms with E-state index in [0.29, 0.717) is 18.5 Å². The van der Waals surface area contributed by atoms with E-state index >= 15 is 0 Å². The zero-order valence-corrected chi connectivity index (χ0v) is 13.6. The Kier molecular flexibility index (Phi) is 3.72. The number of para-hydroxylation sites is 1. The second-order valence-corrected chi connectivity index (χ2v) is 8.31. The van der Waals surface area contributed by atoms with E-state index in [1.54, 1.807) is 6.07 Å². The summed E-state index contributed by atoms with van der Waals surface area (Å²) in [5.41, 5.74) is 3.65. The van der Waals surface area contributed by atoms with Gasteiger partial charge in [-0.1, -0.05) is 12.1 Å². The molecule has 3 rings (SSSR count). The predicted octanol–water partition coefficient (Wildman–Crippen LogP) is 1.95. The van der Waals surface area contributed by atoms with Gasteiger partial charge in [-0.05, 0) is 37.8 Å². The van der Waals surface area contributed by atoms with Crippen LogP contribution in [0.5, 0.6) is 0 Å². The van der Waals surface area contributed by atoms with Crippen molar-refractivity contribution in [1.82, 2.24) is 10.3 Å². The molecule has 1 amide bonds. The van der Waals surface area contributed by atoms with Crippen LogP contribution in [-0.2, 0) is 9.84 Å². The van der Waals surface area contributed by atoms with Gasteiger partial charge in [0.25, 0.3) is 5.91 Å². The number of sulfone groups is 1. The molecule has 1 aliphatic rings. The lowest BCUT2D eigenvalue weighted by Crippen LogP contribution is -2.30. The monoisotopic (exact) mass is 320 g/mol. The number of carbonyl (C=O) groups excluding carboxylic acids is 1. The molecule has 1 aliphatic heterocycles. The third-order valence-electron chi connectivity index (χ3n) is 4.47. The molecule has 1 fully saturated rings. The van der Waals surface area contributed by atoms with Gasteiger partial charge in [-0.2, -0.15) is 0 Å². The summed E-state index contributed by atoms with van der Waals surface area (Å²) in [7, 11) is -2.90. The molecular weight excluding hydrogens is 300 g/mol. The van der Waals surface area contributed by atoms with Crippen LogP contribution in [0.4, 0.5) is 0 Å². The first-order valence-corrected chi connectivity index (χ1v) is 9.26. The van der Waals surface area contributed by atoms with Crippen molar-refractivity contribution < 1.29 is 13.2 Å². The number of amides is 1. The first-order valence-electron chi connectivity index (χ1n) is 7.44. The molecule has 1 atom stereocenters. The lowest BCUT2D eigenvalue weighted by Gasteiger charge is -2.10. The highest BCUT2D eigenvalue weighted by molar-refractivity contribution is 7.91. The fourth-order valence-corrected chi connectivity index (χ4v) is 4.90. The molecule has 0 radical (unpaired) electrons. The first kappa shape index (κ1) is 15.1. The number of carbonyl (C=O) groups is 1. The number of hydrogen-bond donors (Lipinski definition) is 2. The van der Waals surface area contributed by atoms with Crippen molar-refractivity contribution in [3.8, 4) is 0 Å². The van der Waals surface area contributed by atoms with Crippen LogP contribution in [0.25, 0.3) is 10.9 Å². The van der Waals surface area contributed by atoms with Gasteiger partial charge in [0.05, 0.1) is 22.6 Å². The van der Waals surface area contributed by atoms with Gasteiger partial charge in [0.2, 0.25) is 0 Å². The molecule has 0 saturated carbocycles. The van der Waals surface area contributed by atoms with Crippen molar-refractivity contribution in [2.45, 2.75) is 20.3 Å². The SMILES string of the molecule is Cc1[nH]c2c(C(=O)NCC3CCS(=O)(=O)C3)cccc2c1C. The van der Waals surface area contributed by atoms with Gasteiger partial charge in [-0.25, -0.2) is 8.42 Å². The Balaban J connectivity index is 1.77. The van der Waals surface area contributed by atoms with E-state index in [2.05, 4.69) is 10.3 Å². The van der Waals surface area contributed by atoms with Crippen LogP contribution in [0.15, 0.2) is 18.2 Å². The molecule has 6 heteroatoms. The van der Waals surface area contributed by atoms with E-state index in [-0.39, 0.29) is 23.3 Å². The number of benzene rings is 1. The van der Waals surface area contributed by atoms with Gasteiger partial charge in [-0.15, -0.1) is 0 Å². The molecule has 1 unspecified atom stereocenters. The molecule has 5 nitrogen and oxygen atoms in total. The van der Waals surface area contributed by atoms with E-state index in [1.165, 1.54) is 0 Å². The molecule has 22 heavy (non-hydrogen) atoms. The number of aromatic nitrogens is 1. The third-order valence-corrected chi connectivity index (χ3v) is 6.30. The van der Waals surface area contributed by atoms with Crippen molar-refractivity contribution in [2.24, 2.45) is 5.92 Å². The Morgan fingerprint density at radius 2 is 2.14 bits per heavy atom. The molecule has 0 bridgehead atoms. The molecular formula is C16H20N2O3S. The minimum absolute atomic E-state index is 0.0280. The predicted molar refractivity (Wildman–Crippen MR) is 86.9 cm³/mol. The van der Waals surface area contributed by atoms with Crippen molar-refractivity contribution in [2.75, 3.05) is 18.1 Å². The van der Waals surface area contributed by atoms with Crippen LogP contribution in [0.1, 0.15) is 28.0 Å². The van der Waals surface area contributed by atoms with E-state index in [4.69, 9.17) is 0 Å². The number of aromatic amines is 1. The topological polar surface area (TPSA) is 79.0 Å². The highest BCUT2D eigenvalue weighted by Gasteiger charge is 2.28. The Labute approximate surface area is 130 Å². The smallest absolute Gasteiger partial charge is 0.253 e. The quantitative estimate of drug-likeness (QED) is 0.907. The number of nitrogens with one attached hydrogen (secondary N) is 2. The Morgan fingerprint density at radius 3 is 2.82 bits per heavy atom. The number of aryl methyl sites for hydroxylation is 2. The third kappa shape index (κ3) is 2.75. The second kappa shape index (κ2) is 5.43. The summed E-state index contributed by atoms with van der Waals surface area (Å²) < 4.78 is 22.9. The van der Waals surface area contributed by atoms with Gasteiger partial charge in [0.15, 0.2) is 9.84 Å². The van der Waals surface area contributed by atoms with Gasteiger partial charge in [-0.3, -0.25) is 4.79 Å². The molecule has 2 N–H and O–H groups in total. The van der Waals surface area contributed by atoms with Crippen LogP contribution < -0.4 is 5.32 Å². The largest absolute Gasteiger partial charge is 0.358 e. The molecule has 1 aromatic carbocycles. The number of hydrogen-bond acceptors (Lipinski definition) is 3. The summed E-state index contributed by atoms with van der Waals surface area (Å²) in [5, 5.41) is 3.93. The van der Waals surface area contributed by atoms with Crippen molar-refractivity contribution >= 4 is 26.6 Å². The fraction of sp³-hybridized carbons (Fsp3) is 0.438. The molecule has 0 aliphatic carbocycles. The highest BCUT2D eigenvalue weighted by Crippen LogP contribution is 2.24. The van der Waals surface area contributed by atoms with Crippen LogP contribution in [0.2, 0.25) is 0 Å². The summed E-state index contributed by atoms with van der Waals surface area (Å²) in [5.74, 6) is 0.285. The van der Waals surface area contributed by atoms with Crippen molar-refractivity contribution in [1.29, 1.82) is 0 Å². The lowest BCUT2D eigenvalue weighted by molar-refractivity contribution is 0.0950. The maximum atomic E-state index is 12.4. The van der Waals surface area contributed by atoms with Crippen LogP contribution in [0, 0.1) is 19.8 Å². The second-order valence-electron chi connectivity index (χ2n) is 6.08. The minimum Gasteiger partial charge on any atom is -0.358 e. The average Bonchev–Trinajstić information content (AvgIpc) is 2.96. The molecule has 2 heterocycles. The standard InChI is InChI=1S/C16H20N2O3S/c1-10-11(2)18-15-13(10)4-3-5-14(15)16(19)17-8-12-6-7-22(20,21)9-12/h3-5,12,18H,6-9H2,1-2H3,(H,17,19). The summed E-state index contributed by atoms with van der Waals surface area (Å²) in [6.45, 7) is 4.42. The van der Waals surface area contributed by atoms with Crippen LogP contribution >= 0.6 is 0 Å². The maximum Gasteiger partial charge on any atom is 0.253 e. The molecule has 2 aromatic rings. The maximum absolute atomic E-state index is 12.4.